The third-order valence-electron chi connectivity index (χ3n) is 3.19. The van der Waals surface area contributed by atoms with Gasteiger partial charge < -0.3 is 4.90 Å². The van der Waals surface area contributed by atoms with Crippen LogP contribution in [0.4, 0.5) is 0 Å². The monoisotopic (exact) mass is 247 g/mol. The van der Waals surface area contributed by atoms with E-state index in [0.29, 0.717) is 5.78 Å². The number of nitrogens with zero attached hydrogens (tertiary/aromatic N) is 1. The van der Waals surface area contributed by atoms with E-state index in [1.807, 2.05) is 20.8 Å². The number of Topliss-reactive ketones (excluding diaryl/α,β-unsaturated/α-hetero) is 1. The normalized spacial score (nSPS) is 18.7. The second-order valence-corrected chi connectivity index (χ2v) is 5.68. The van der Waals surface area contributed by atoms with Crippen molar-refractivity contribution in [3.05, 3.63) is 0 Å². The molecule has 2 nitrogen and oxygen atoms in total. The minimum atomic E-state index is -0.161. The summed E-state index contributed by atoms with van der Waals surface area (Å²) >= 11 is 0. The molecule has 1 aliphatic heterocycles. The van der Waals surface area contributed by atoms with Crippen molar-refractivity contribution in [3.8, 4) is 0 Å². The Bertz CT molecular complexity index is 202. The van der Waals surface area contributed by atoms with Gasteiger partial charge in [-0.1, -0.05) is 33.6 Å². The van der Waals surface area contributed by atoms with E-state index in [1.165, 1.54) is 38.8 Å². The molecule has 3 heteroatoms. The highest BCUT2D eigenvalue weighted by Gasteiger charge is 2.21. The van der Waals surface area contributed by atoms with Crippen LogP contribution in [-0.4, -0.2) is 30.3 Å². The average Bonchev–Trinajstić information content (AvgIpc) is 2.40. The maximum Gasteiger partial charge on any atom is 0.139 e. The van der Waals surface area contributed by atoms with Crippen molar-refractivity contribution in [2.45, 2.75) is 52.9 Å². The molecule has 0 aromatic carbocycles. The third-order valence-corrected chi connectivity index (χ3v) is 3.19. The van der Waals surface area contributed by atoms with E-state index >= 15 is 0 Å². The fourth-order valence-electron chi connectivity index (χ4n) is 1.99. The van der Waals surface area contributed by atoms with Gasteiger partial charge in [0.1, 0.15) is 5.78 Å². The van der Waals surface area contributed by atoms with Crippen molar-refractivity contribution >= 4 is 18.2 Å². The van der Waals surface area contributed by atoms with Crippen LogP contribution in [-0.2, 0) is 4.79 Å². The lowest BCUT2D eigenvalue weighted by atomic mass is 9.89. The zero-order chi connectivity index (χ0) is 11.3. The molecule has 0 aromatic heterocycles. The van der Waals surface area contributed by atoms with Crippen LogP contribution in [0.5, 0.6) is 0 Å². The molecule has 0 atom stereocenters. The molecule has 0 bridgehead atoms. The molecular formula is C13H26ClNO. The van der Waals surface area contributed by atoms with E-state index in [0.717, 1.165) is 13.0 Å². The lowest BCUT2D eigenvalue weighted by Gasteiger charge is -2.22. The predicted octanol–water partition coefficient (Wildman–Crippen LogP) is 3.29. The van der Waals surface area contributed by atoms with Gasteiger partial charge in [0.05, 0.1) is 0 Å². The number of likely N-dealkylation sites (tertiary alicyclic amines) is 1. The molecule has 0 N–H and O–H groups in total. The number of carbonyl (C=O) groups is 1. The molecule has 1 rings (SSSR count). The Morgan fingerprint density at radius 1 is 1.06 bits per heavy atom. The predicted molar refractivity (Wildman–Crippen MR) is 71.2 cm³/mol. The summed E-state index contributed by atoms with van der Waals surface area (Å²) in [4.78, 5) is 14.2. The van der Waals surface area contributed by atoms with Crippen molar-refractivity contribution in [1.29, 1.82) is 0 Å². The van der Waals surface area contributed by atoms with Crippen LogP contribution >= 0.6 is 12.4 Å². The van der Waals surface area contributed by atoms with Gasteiger partial charge in [-0.3, -0.25) is 4.79 Å². The molecule has 0 radical (unpaired) electrons. The fourth-order valence-corrected chi connectivity index (χ4v) is 1.99. The van der Waals surface area contributed by atoms with Crippen molar-refractivity contribution in [2.24, 2.45) is 5.41 Å². The van der Waals surface area contributed by atoms with Crippen LogP contribution in [0.1, 0.15) is 52.9 Å². The third kappa shape index (κ3) is 5.86. The molecule has 1 heterocycles. The fraction of sp³-hybridized carbons (Fsp3) is 0.923. The number of ketones is 1. The second kappa shape index (κ2) is 7.29. The van der Waals surface area contributed by atoms with Crippen LogP contribution in [0, 0.1) is 5.41 Å². The summed E-state index contributed by atoms with van der Waals surface area (Å²) in [6.07, 6.45) is 6.07. The molecular weight excluding hydrogens is 222 g/mol. The van der Waals surface area contributed by atoms with Gasteiger partial charge in [-0.15, -0.1) is 12.4 Å². The van der Waals surface area contributed by atoms with Gasteiger partial charge in [0, 0.05) is 18.4 Å². The quantitative estimate of drug-likeness (QED) is 0.763. The maximum absolute atomic E-state index is 11.8. The van der Waals surface area contributed by atoms with E-state index in [-0.39, 0.29) is 17.8 Å². The van der Waals surface area contributed by atoms with Gasteiger partial charge in [0.15, 0.2) is 0 Å². The summed E-state index contributed by atoms with van der Waals surface area (Å²) in [7, 11) is 0. The van der Waals surface area contributed by atoms with Gasteiger partial charge in [-0.05, 0) is 25.9 Å². The van der Waals surface area contributed by atoms with Crippen molar-refractivity contribution < 1.29 is 4.79 Å². The van der Waals surface area contributed by atoms with E-state index in [1.54, 1.807) is 0 Å². The highest BCUT2D eigenvalue weighted by molar-refractivity contribution is 5.85. The number of hydrogen-bond acceptors (Lipinski definition) is 2. The number of rotatable bonds is 3. The average molecular weight is 248 g/mol. The SMILES string of the molecule is CC(C)(C)C(=O)CCN1CCCCCC1.Cl. The van der Waals surface area contributed by atoms with E-state index in [9.17, 15) is 4.79 Å². The number of hydrogen-bond donors (Lipinski definition) is 0. The summed E-state index contributed by atoms with van der Waals surface area (Å²) in [6.45, 7) is 9.39. The standard InChI is InChI=1S/C13H25NO.ClH/c1-13(2,3)12(15)8-11-14-9-6-4-5-7-10-14;/h4-11H2,1-3H3;1H. The second-order valence-electron chi connectivity index (χ2n) is 5.68. The Morgan fingerprint density at radius 2 is 1.56 bits per heavy atom. The first kappa shape index (κ1) is 15.9. The van der Waals surface area contributed by atoms with E-state index in [4.69, 9.17) is 0 Å². The molecule has 0 amide bonds. The van der Waals surface area contributed by atoms with Crippen molar-refractivity contribution in [1.82, 2.24) is 4.90 Å². The lowest BCUT2D eigenvalue weighted by molar-refractivity contribution is -0.126. The van der Waals surface area contributed by atoms with Crippen LogP contribution in [0.2, 0.25) is 0 Å². The maximum atomic E-state index is 11.8. The zero-order valence-corrected chi connectivity index (χ0v) is 11.7. The summed E-state index contributed by atoms with van der Waals surface area (Å²) < 4.78 is 0. The Balaban J connectivity index is 0.00000225. The highest BCUT2D eigenvalue weighted by atomic mass is 35.5. The van der Waals surface area contributed by atoms with E-state index < -0.39 is 0 Å². The lowest BCUT2D eigenvalue weighted by Crippen LogP contribution is -2.30. The van der Waals surface area contributed by atoms with Crippen LogP contribution < -0.4 is 0 Å². The van der Waals surface area contributed by atoms with Gasteiger partial charge >= 0.3 is 0 Å². The molecule has 1 aliphatic rings. The zero-order valence-electron chi connectivity index (χ0n) is 10.9. The minimum Gasteiger partial charge on any atom is -0.303 e. The first-order valence-electron chi connectivity index (χ1n) is 6.26. The van der Waals surface area contributed by atoms with Gasteiger partial charge in [-0.2, -0.15) is 0 Å². The topological polar surface area (TPSA) is 20.3 Å². The largest absolute Gasteiger partial charge is 0.303 e. The molecule has 0 aliphatic carbocycles. The first-order chi connectivity index (χ1) is 7.00. The summed E-state index contributed by atoms with van der Waals surface area (Å²) in [5.41, 5.74) is -0.161. The van der Waals surface area contributed by atoms with Crippen LogP contribution in [0.15, 0.2) is 0 Å². The smallest absolute Gasteiger partial charge is 0.139 e. The molecule has 0 saturated carbocycles. The Labute approximate surface area is 106 Å². The van der Waals surface area contributed by atoms with Gasteiger partial charge in [0.25, 0.3) is 0 Å². The van der Waals surface area contributed by atoms with Crippen molar-refractivity contribution in [3.63, 3.8) is 0 Å². The Kier molecular flexibility index (Phi) is 7.25. The van der Waals surface area contributed by atoms with Gasteiger partial charge in [-0.25, -0.2) is 0 Å². The number of carbonyl (C=O) groups excluding carboxylic acids is 1. The minimum absolute atomic E-state index is 0. The first-order valence-corrected chi connectivity index (χ1v) is 6.26. The summed E-state index contributed by atoms with van der Waals surface area (Å²) in [5, 5.41) is 0. The Hall–Kier alpha value is -0.0800. The summed E-state index contributed by atoms with van der Waals surface area (Å²) in [6, 6.07) is 0. The molecule has 1 saturated heterocycles. The summed E-state index contributed by atoms with van der Waals surface area (Å²) in [5.74, 6) is 0.395. The van der Waals surface area contributed by atoms with Gasteiger partial charge in [0.2, 0.25) is 0 Å². The van der Waals surface area contributed by atoms with E-state index in [2.05, 4.69) is 4.90 Å². The molecule has 96 valence electrons. The van der Waals surface area contributed by atoms with Crippen molar-refractivity contribution in [2.75, 3.05) is 19.6 Å². The molecule has 0 aromatic rings. The Morgan fingerprint density at radius 3 is 2.00 bits per heavy atom. The molecule has 0 spiro atoms. The molecule has 0 unspecified atom stereocenters. The van der Waals surface area contributed by atoms with Crippen LogP contribution in [0.25, 0.3) is 0 Å². The van der Waals surface area contributed by atoms with Crippen LogP contribution in [0.3, 0.4) is 0 Å². The number of halogens is 1. The highest BCUT2D eigenvalue weighted by Crippen LogP contribution is 2.17. The molecule has 1 fully saturated rings. The molecule has 16 heavy (non-hydrogen) atoms.